The van der Waals surface area contributed by atoms with Crippen molar-refractivity contribution in [3.05, 3.63) is 65.7 Å². The second-order valence-electron chi connectivity index (χ2n) is 4.54. The number of nitrogens with zero attached hydrogens (tertiary/aromatic N) is 1. The fourth-order valence-corrected chi connectivity index (χ4v) is 1.93. The van der Waals surface area contributed by atoms with E-state index in [-0.39, 0.29) is 5.82 Å². The number of halogens is 1. The van der Waals surface area contributed by atoms with Crippen molar-refractivity contribution in [1.29, 1.82) is 0 Å². The van der Waals surface area contributed by atoms with Crippen molar-refractivity contribution in [1.82, 2.24) is 4.98 Å². The number of benzene rings is 1. The van der Waals surface area contributed by atoms with E-state index in [4.69, 9.17) is 0 Å². The number of rotatable bonds is 4. The molecule has 0 aliphatic carbocycles. The summed E-state index contributed by atoms with van der Waals surface area (Å²) in [7, 11) is 0. The van der Waals surface area contributed by atoms with Crippen LogP contribution in [-0.4, -0.2) is 11.3 Å². The van der Waals surface area contributed by atoms with Gasteiger partial charge in [-0.25, -0.2) is 4.39 Å². The summed E-state index contributed by atoms with van der Waals surface area (Å²) < 4.78 is 13.2. The third-order valence-corrected chi connectivity index (χ3v) is 3.02. The molecular formula is C15H14FNO. The van der Waals surface area contributed by atoms with E-state index < -0.39 is 5.41 Å². The van der Waals surface area contributed by atoms with E-state index >= 15 is 0 Å². The summed E-state index contributed by atoms with van der Waals surface area (Å²) in [4.78, 5) is 15.6. The van der Waals surface area contributed by atoms with Gasteiger partial charge < -0.3 is 4.79 Å². The average Bonchev–Trinajstić information content (AvgIpc) is 2.40. The molecule has 1 heterocycles. The lowest BCUT2D eigenvalue weighted by atomic mass is 9.80. The second kappa shape index (κ2) is 5.08. The molecule has 0 spiro atoms. The summed E-state index contributed by atoms with van der Waals surface area (Å²) in [5.41, 5.74) is 0.732. The summed E-state index contributed by atoms with van der Waals surface area (Å²) in [5.74, 6) is -0.332. The predicted octanol–water partition coefficient (Wildman–Crippen LogP) is 2.92. The third-order valence-electron chi connectivity index (χ3n) is 3.02. The number of hydrogen-bond donors (Lipinski definition) is 0. The zero-order valence-corrected chi connectivity index (χ0v) is 10.1. The Morgan fingerprint density at radius 3 is 2.72 bits per heavy atom. The maximum atomic E-state index is 13.2. The summed E-state index contributed by atoms with van der Waals surface area (Å²) in [6.07, 6.45) is 3.00. The van der Waals surface area contributed by atoms with Crippen LogP contribution in [0.3, 0.4) is 0 Å². The first kappa shape index (κ1) is 12.4. The molecule has 0 aliphatic heterocycles. The number of aldehydes is 1. The molecule has 2 rings (SSSR count). The molecule has 1 aromatic heterocycles. The molecule has 18 heavy (non-hydrogen) atoms. The molecule has 2 nitrogen and oxygen atoms in total. The van der Waals surface area contributed by atoms with Crippen molar-refractivity contribution < 1.29 is 9.18 Å². The lowest BCUT2D eigenvalue weighted by Crippen LogP contribution is -2.27. The Kier molecular flexibility index (Phi) is 3.51. The highest BCUT2D eigenvalue weighted by Crippen LogP contribution is 2.26. The Morgan fingerprint density at radius 1 is 1.28 bits per heavy atom. The van der Waals surface area contributed by atoms with E-state index in [9.17, 15) is 9.18 Å². The van der Waals surface area contributed by atoms with Crippen LogP contribution >= 0.6 is 0 Å². The molecule has 0 radical (unpaired) electrons. The van der Waals surface area contributed by atoms with E-state index in [1.54, 1.807) is 25.3 Å². The first-order valence-electron chi connectivity index (χ1n) is 5.76. The van der Waals surface area contributed by atoms with Crippen LogP contribution in [0.25, 0.3) is 0 Å². The van der Waals surface area contributed by atoms with Crippen molar-refractivity contribution in [3.8, 4) is 0 Å². The summed E-state index contributed by atoms with van der Waals surface area (Å²) in [6.45, 7) is 1.80. The van der Waals surface area contributed by atoms with Crippen molar-refractivity contribution in [2.24, 2.45) is 0 Å². The first-order valence-corrected chi connectivity index (χ1v) is 5.76. The fraction of sp³-hybridized carbons (Fsp3) is 0.200. The quantitative estimate of drug-likeness (QED) is 0.773. The maximum absolute atomic E-state index is 13.2. The van der Waals surface area contributed by atoms with Gasteiger partial charge in [-0.2, -0.15) is 0 Å². The minimum Gasteiger partial charge on any atom is -0.302 e. The highest BCUT2D eigenvalue weighted by Gasteiger charge is 2.27. The minimum absolute atomic E-state index is 0.332. The molecule has 92 valence electrons. The van der Waals surface area contributed by atoms with Crippen LogP contribution in [0.2, 0.25) is 0 Å². The third kappa shape index (κ3) is 2.62. The number of carbonyl (C=O) groups excluding carboxylic acids is 1. The average molecular weight is 243 g/mol. The van der Waals surface area contributed by atoms with Gasteiger partial charge in [0.25, 0.3) is 0 Å². The summed E-state index contributed by atoms with van der Waals surface area (Å²) in [6, 6.07) is 11.7. The summed E-state index contributed by atoms with van der Waals surface area (Å²) in [5, 5.41) is 0. The Labute approximate surface area is 105 Å². The maximum Gasteiger partial charge on any atom is 0.130 e. The van der Waals surface area contributed by atoms with Crippen LogP contribution in [0.5, 0.6) is 0 Å². The SMILES string of the molecule is CC(C=O)(Cc1ccccn1)c1cccc(F)c1. The predicted molar refractivity (Wildman–Crippen MR) is 67.8 cm³/mol. The smallest absolute Gasteiger partial charge is 0.130 e. The molecular weight excluding hydrogens is 229 g/mol. The Hall–Kier alpha value is -2.03. The molecule has 0 N–H and O–H groups in total. The van der Waals surface area contributed by atoms with E-state index in [2.05, 4.69) is 4.98 Å². The largest absolute Gasteiger partial charge is 0.302 e. The van der Waals surface area contributed by atoms with E-state index in [1.807, 2.05) is 18.2 Å². The van der Waals surface area contributed by atoms with Gasteiger partial charge in [-0.1, -0.05) is 18.2 Å². The Morgan fingerprint density at radius 2 is 2.11 bits per heavy atom. The lowest BCUT2D eigenvalue weighted by molar-refractivity contribution is -0.112. The van der Waals surface area contributed by atoms with Crippen LogP contribution in [0.1, 0.15) is 18.2 Å². The zero-order valence-electron chi connectivity index (χ0n) is 10.1. The van der Waals surface area contributed by atoms with Crippen molar-refractivity contribution in [2.45, 2.75) is 18.8 Å². The fourth-order valence-electron chi connectivity index (χ4n) is 1.93. The van der Waals surface area contributed by atoms with E-state index in [0.717, 1.165) is 12.0 Å². The van der Waals surface area contributed by atoms with Crippen LogP contribution in [0.4, 0.5) is 4.39 Å². The lowest BCUT2D eigenvalue weighted by Gasteiger charge is -2.23. The number of carbonyl (C=O) groups is 1. The number of hydrogen-bond acceptors (Lipinski definition) is 2. The molecule has 1 unspecified atom stereocenters. The normalized spacial score (nSPS) is 13.9. The van der Waals surface area contributed by atoms with Gasteiger partial charge in [0.2, 0.25) is 0 Å². The molecule has 0 bridgehead atoms. The molecule has 3 heteroatoms. The van der Waals surface area contributed by atoms with Gasteiger partial charge in [-0.05, 0) is 36.8 Å². The van der Waals surface area contributed by atoms with Crippen LogP contribution < -0.4 is 0 Å². The van der Waals surface area contributed by atoms with Gasteiger partial charge in [0.15, 0.2) is 0 Å². The first-order chi connectivity index (χ1) is 8.64. The molecule has 0 aliphatic rings. The highest BCUT2D eigenvalue weighted by molar-refractivity contribution is 5.68. The molecule has 2 aromatic rings. The van der Waals surface area contributed by atoms with Crippen LogP contribution in [0, 0.1) is 5.82 Å². The molecule has 1 atom stereocenters. The molecule has 0 saturated heterocycles. The van der Waals surface area contributed by atoms with Gasteiger partial charge in [0, 0.05) is 18.3 Å². The van der Waals surface area contributed by atoms with E-state index in [0.29, 0.717) is 12.0 Å². The Balaban J connectivity index is 2.34. The van der Waals surface area contributed by atoms with E-state index in [1.165, 1.54) is 12.1 Å². The van der Waals surface area contributed by atoms with Crippen LogP contribution in [-0.2, 0) is 16.6 Å². The van der Waals surface area contributed by atoms with Gasteiger partial charge in [-0.3, -0.25) is 4.98 Å². The second-order valence-corrected chi connectivity index (χ2v) is 4.54. The van der Waals surface area contributed by atoms with Crippen LogP contribution in [0.15, 0.2) is 48.7 Å². The van der Waals surface area contributed by atoms with Gasteiger partial charge in [0.1, 0.15) is 12.1 Å². The van der Waals surface area contributed by atoms with Gasteiger partial charge in [-0.15, -0.1) is 0 Å². The van der Waals surface area contributed by atoms with Gasteiger partial charge >= 0.3 is 0 Å². The minimum atomic E-state index is -0.754. The monoisotopic (exact) mass is 243 g/mol. The summed E-state index contributed by atoms with van der Waals surface area (Å²) >= 11 is 0. The van der Waals surface area contributed by atoms with Crippen molar-refractivity contribution in [3.63, 3.8) is 0 Å². The molecule has 0 saturated carbocycles. The number of pyridine rings is 1. The van der Waals surface area contributed by atoms with Crippen molar-refractivity contribution in [2.75, 3.05) is 0 Å². The van der Waals surface area contributed by atoms with Crippen molar-refractivity contribution >= 4 is 6.29 Å². The molecule has 1 aromatic carbocycles. The Bertz CT molecular complexity index is 541. The zero-order chi connectivity index (χ0) is 13.0. The number of aromatic nitrogens is 1. The standard InChI is InChI=1S/C15H14FNO/c1-15(11-18,10-14-7-2-3-8-17-14)12-5-4-6-13(16)9-12/h2-9,11H,10H2,1H3. The highest BCUT2D eigenvalue weighted by atomic mass is 19.1. The molecule has 0 amide bonds. The molecule has 0 fully saturated rings. The topological polar surface area (TPSA) is 30.0 Å². The van der Waals surface area contributed by atoms with Gasteiger partial charge in [0.05, 0.1) is 5.41 Å².